The fourth-order valence-corrected chi connectivity index (χ4v) is 2.55. The number of nitrogens with zero attached hydrogens (tertiary/aromatic N) is 3. The highest BCUT2D eigenvalue weighted by molar-refractivity contribution is 4.96. The molecule has 19 heavy (non-hydrogen) atoms. The van der Waals surface area contributed by atoms with Gasteiger partial charge >= 0.3 is 0 Å². The molecule has 0 aliphatic carbocycles. The molecule has 1 N–H and O–H groups in total. The monoisotopic (exact) mass is 267 g/mol. The highest BCUT2D eigenvalue weighted by atomic mass is 16.4. The van der Waals surface area contributed by atoms with Crippen molar-refractivity contribution in [3.63, 3.8) is 0 Å². The predicted octanol–water partition coefficient (Wildman–Crippen LogP) is 2.10. The van der Waals surface area contributed by atoms with Crippen LogP contribution in [0.2, 0.25) is 0 Å². The van der Waals surface area contributed by atoms with Crippen LogP contribution in [0.25, 0.3) is 0 Å². The van der Waals surface area contributed by atoms with E-state index >= 15 is 0 Å². The van der Waals surface area contributed by atoms with Gasteiger partial charge in [0.05, 0.1) is 6.54 Å². The maximum atomic E-state index is 8.94. The molecule has 2 heterocycles. The molecule has 1 aliphatic rings. The summed E-state index contributed by atoms with van der Waals surface area (Å²) in [6, 6.07) is 0.553. The fraction of sp³-hybridized carbons (Fsp3) is 0.857. The minimum atomic E-state index is -0.0907. The van der Waals surface area contributed by atoms with Crippen molar-refractivity contribution in [2.45, 2.75) is 64.5 Å². The molecule has 1 atom stereocenters. The summed E-state index contributed by atoms with van der Waals surface area (Å²) >= 11 is 0. The van der Waals surface area contributed by atoms with Gasteiger partial charge in [0.2, 0.25) is 11.8 Å². The Hall–Kier alpha value is -0.940. The average Bonchev–Trinajstić information content (AvgIpc) is 2.95. The molecule has 5 nitrogen and oxygen atoms in total. The highest BCUT2D eigenvalue weighted by Gasteiger charge is 2.27. The van der Waals surface area contributed by atoms with E-state index < -0.39 is 0 Å². The second-order valence-corrected chi connectivity index (χ2v) is 6.38. The quantitative estimate of drug-likeness (QED) is 0.885. The molecule has 1 aliphatic heterocycles. The summed E-state index contributed by atoms with van der Waals surface area (Å²) in [4.78, 5) is 2.40. The minimum Gasteiger partial charge on any atom is -0.423 e. The molecule has 0 radical (unpaired) electrons. The van der Waals surface area contributed by atoms with Crippen molar-refractivity contribution < 1.29 is 9.52 Å². The number of hydrogen-bond donors (Lipinski definition) is 1. The van der Waals surface area contributed by atoms with Crippen molar-refractivity contribution in [1.29, 1.82) is 0 Å². The number of aliphatic hydroxyl groups is 1. The molecule has 0 aromatic carbocycles. The Morgan fingerprint density at radius 3 is 2.79 bits per heavy atom. The molecule has 1 fully saturated rings. The molecule has 0 saturated carbocycles. The van der Waals surface area contributed by atoms with Gasteiger partial charge in [-0.05, 0) is 32.2 Å². The van der Waals surface area contributed by atoms with Gasteiger partial charge in [-0.25, -0.2) is 0 Å². The van der Waals surface area contributed by atoms with Crippen molar-refractivity contribution in [2.75, 3.05) is 13.2 Å². The fourth-order valence-electron chi connectivity index (χ4n) is 2.55. The van der Waals surface area contributed by atoms with Gasteiger partial charge in [-0.1, -0.05) is 20.8 Å². The first-order valence-electron chi connectivity index (χ1n) is 7.18. The molecule has 1 aromatic heterocycles. The molecule has 1 saturated heterocycles. The van der Waals surface area contributed by atoms with E-state index in [9.17, 15) is 0 Å². The predicted molar refractivity (Wildman–Crippen MR) is 72.7 cm³/mol. The number of likely N-dealkylation sites (tertiary alicyclic amines) is 1. The average molecular weight is 267 g/mol. The molecule has 5 heteroatoms. The number of aliphatic hydroxyl groups excluding tert-OH is 1. The van der Waals surface area contributed by atoms with Crippen molar-refractivity contribution in [1.82, 2.24) is 15.1 Å². The smallest absolute Gasteiger partial charge is 0.230 e. The molecule has 0 spiro atoms. The molecule has 2 rings (SSSR count). The lowest BCUT2D eigenvalue weighted by atomic mass is 9.97. The first kappa shape index (κ1) is 14.5. The summed E-state index contributed by atoms with van der Waals surface area (Å²) in [5, 5.41) is 17.2. The summed E-state index contributed by atoms with van der Waals surface area (Å²) in [7, 11) is 0. The van der Waals surface area contributed by atoms with Crippen LogP contribution in [0, 0.1) is 0 Å². The summed E-state index contributed by atoms with van der Waals surface area (Å²) in [6.45, 7) is 8.32. The van der Waals surface area contributed by atoms with E-state index in [1.807, 2.05) is 0 Å². The summed E-state index contributed by atoms with van der Waals surface area (Å²) in [5.74, 6) is 1.41. The molecule has 0 bridgehead atoms. The van der Waals surface area contributed by atoms with E-state index in [1.54, 1.807) is 0 Å². The van der Waals surface area contributed by atoms with Gasteiger partial charge in [-0.2, -0.15) is 0 Å². The lowest BCUT2D eigenvalue weighted by Gasteiger charge is -2.22. The molecule has 108 valence electrons. The van der Waals surface area contributed by atoms with Crippen LogP contribution in [0.4, 0.5) is 0 Å². The lowest BCUT2D eigenvalue weighted by Crippen LogP contribution is -2.29. The van der Waals surface area contributed by atoms with E-state index in [0.29, 0.717) is 17.8 Å². The SMILES string of the molecule is CC(C)(C)c1nnc(CN2CCCC2CCCO)o1. The Labute approximate surface area is 115 Å². The minimum absolute atomic E-state index is 0.0907. The second kappa shape index (κ2) is 6.01. The highest BCUT2D eigenvalue weighted by Crippen LogP contribution is 2.25. The number of aromatic nitrogens is 2. The van der Waals surface area contributed by atoms with Crippen LogP contribution in [-0.2, 0) is 12.0 Å². The third kappa shape index (κ3) is 3.76. The lowest BCUT2D eigenvalue weighted by molar-refractivity contribution is 0.192. The van der Waals surface area contributed by atoms with Crippen LogP contribution in [0.5, 0.6) is 0 Å². The summed E-state index contributed by atoms with van der Waals surface area (Å²) < 4.78 is 5.75. The third-order valence-electron chi connectivity index (χ3n) is 3.64. The Morgan fingerprint density at radius 1 is 1.37 bits per heavy atom. The summed E-state index contributed by atoms with van der Waals surface area (Å²) in [6.07, 6.45) is 4.35. The zero-order valence-corrected chi connectivity index (χ0v) is 12.2. The zero-order chi connectivity index (χ0) is 13.9. The van der Waals surface area contributed by atoms with Crippen molar-refractivity contribution in [3.05, 3.63) is 11.8 Å². The van der Waals surface area contributed by atoms with Gasteiger partial charge in [0, 0.05) is 18.1 Å². The molecular formula is C14H25N3O2. The van der Waals surface area contributed by atoms with E-state index in [4.69, 9.17) is 9.52 Å². The first-order chi connectivity index (χ1) is 9.00. The van der Waals surface area contributed by atoms with Crippen molar-refractivity contribution in [3.8, 4) is 0 Å². The first-order valence-corrected chi connectivity index (χ1v) is 7.18. The molecule has 1 aromatic rings. The van der Waals surface area contributed by atoms with Crippen LogP contribution < -0.4 is 0 Å². The van der Waals surface area contributed by atoms with Crippen LogP contribution in [0.3, 0.4) is 0 Å². The van der Waals surface area contributed by atoms with E-state index in [1.165, 1.54) is 12.8 Å². The maximum Gasteiger partial charge on any atom is 0.230 e. The maximum absolute atomic E-state index is 8.94. The topological polar surface area (TPSA) is 62.4 Å². The second-order valence-electron chi connectivity index (χ2n) is 6.38. The molecule has 0 amide bonds. The van der Waals surface area contributed by atoms with E-state index in [2.05, 4.69) is 35.9 Å². The zero-order valence-electron chi connectivity index (χ0n) is 12.2. The van der Waals surface area contributed by atoms with Gasteiger partial charge in [-0.15, -0.1) is 10.2 Å². The van der Waals surface area contributed by atoms with Gasteiger partial charge in [0.1, 0.15) is 0 Å². The Morgan fingerprint density at radius 2 is 2.16 bits per heavy atom. The van der Waals surface area contributed by atoms with Crippen LogP contribution >= 0.6 is 0 Å². The van der Waals surface area contributed by atoms with Crippen LogP contribution in [0.15, 0.2) is 4.42 Å². The summed E-state index contributed by atoms with van der Waals surface area (Å²) in [5.41, 5.74) is -0.0907. The van der Waals surface area contributed by atoms with E-state index in [-0.39, 0.29) is 12.0 Å². The van der Waals surface area contributed by atoms with Gasteiger partial charge < -0.3 is 9.52 Å². The van der Waals surface area contributed by atoms with Crippen molar-refractivity contribution in [2.24, 2.45) is 0 Å². The Bertz CT molecular complexity index is 398. The van der Waals surface area contributed by atoms with E-state index in [0.717, 1.165) is 25.9 Å². The Kier molecular flexibility index (Phi) is 4.58. The number of rotatable bonds is 5. The van der Waals surface area contributed by atoms with Crippen LogP contribution in [0.1, 0.15) is 58.2 Å². The normalized spacial score (nSPS) is 21.2. The standard InChI is InChI=1S/C14H25N3O2/c1-14(2,3)13-16-15-12(19-13)10-17-8-4-6-11(17)7-5-9-18/h11,18H,4-10H2,1-3H3. The largest absolute Gasteiger partial charge is 0.423 e. The van der Waals surface area contributed by atoms with Crippen LogP contribution in [-0.4, -0.2) is 39.4 Å². The van der Waals surface area contributed by atoms with Gasteiger partial charge in [0.25, 0.3) is 0 Å². The molecule has 1 unspecified atom stereocenters. The van der Waals surface area contributed by atoms with Gasteiger partial charge in [0.15, 0.2) is 0 Å². The van der Waals surface area contributed by atoms with Gasteiger partial charge in [-0.3, -0.25) is 4.90 Å². The molecular weight excluding hydrogens is 242 g/mol. The van der Waals surface area contributed by atoms with Crippen molar-refractivity contribution >= 4 is 0 Å². The number of hydrogen-bond acceptors (Lipinski definition) is 5. The Balaban J connectivity index is 1.94. The third-order valence-corrected chi connectivity index (χ3v) is 3.64.